The molecule has 0 aliphatic heterocycles. The van der Waals surface area contributed by atoms with E-state index in [1.54, 1.807) is 0 Å². The molecule has 0 fully saturated rings. The smallest absolute Gasteiger partial charge is 0.173 e. The lowest BCUT2D eigenvalue weighted by atomic mass is 10.1. The normalized spacial score (nSPS) is 11.3. The Morgan fingerprint density at radius 3 is 0.380 bits per heavy atom. The molecule has 6 aromatic heterocycles. The van der Waals surface area contributed by atoms with Crippen LogP contribution in [-0.2, 0) is 39.3 Å². The fourth-order valence-electron chi connectivity index (χ4n) is 11.8. The fraction of sp³-hybridized carbons (Fsp3) is 0.188. The van der Waals surface area contributed by atoms with Crippen LogP contribution in [-0.4, -0.2) is 84.6 Å². The van der Waals surface area contributed by atoms with E-state index < -0.39 is 0 Å². The van der Waals surface area contributed by atoms with Crippen molar-refractivity contribution < 1.29 is 27.4 Å². The molecule has 0 N–H and O–H groups in total. The van der Waals surface area contributed by atoms with E-state index >= 15 is 0 Å². The highest BCUT2D eigenvalue weighted by atomic mass is 15.1. The van der Waals surface area contributed by atoms with Gasteiger partial charge in [-0.25, -0.2) is 27.4 Å². The summed E-state index contributed by atoms with van der Waals surface area (Å²) in [6.07, 6.45) is 50.9. The summed E-state index contributed by atoms with van der Waals surface area (Å²) in [7, 11) is 24.7. The van der Waals surface area contributed by atoms with Crippen molar-refractivity contribution in [2.45, 2.75) is 39.3 Å². The van der Waals surface area contributed by atoms with Crippen molar-refractivity contribution in [2.24, 2.45) is 0 Å². The first-order valence-electron chi connectivity index (χ1n) is 36.9. The molecule has 0 radical (unpaired) electrons. The van der Waals surface area contributed by atoms with Gasteiger partial charge in [0.25, 0.3) is 0 Å². The Labute approximate surface area is 643 Å². The van der Waals surface area contributed by atoms with Crippen LogP contribution in [0.1, 0.15) is 66.8 Å². The molecule has 0 unspecified atom stereocenters. The molecular weight excluding hydrogens is 1320 g/mol. The molecule has 108 heavy (non-hydrogen) atoms. The van der Waals surface area contributed by atoms with E-state index in [4.69, 9.17) is 0 Å². The van der Waals surface area contributed by atoms with Gasteiger partial charge in [0.15, 0.2) is 114 Å². The Kier molecular flexibility index (Phi) is 29.0. The van der Waals surface area contributed by atoms with Crippen LogP contribution in [0.5, 0.6) is 0 Å². The van der Waals surface area contributed by atoms with Gasteiger partial charge in [-0.05, 0) is 33.4 Å². The molecule has 12 aromatic rings. The van der Waals surface area contributed by atoms with Gasteiger partial charge in [0, 0.05) is 225 Å². The largest absolute Gasteiger partial charge is 0.377 e. The van der Waals surface area contributed by atoms with Crippen molar-refractivity contribution in [3.05, 3.63) is 396 Å². The zero-order valence-corrected chi connectivity index (χ0v) is 65.3. The molecule has 12 rings (SSSR count). The maximum Gasteiger partial charge on any atom is 0.173 e. The lowest BCUT2D eigenvalue weighted by Gasteiger charge is -2.10. The first kappa shape index (κ1) is 78.1. The Hall–Kier alpha value is -12.5. The quantitative estimate of drug-likeness (QED) is 0.0378. The maximum atomic E-state index is 2.20. The molecule has 0 aliphatic rings. The Balaban J connectivity index is 0.000000173. The number of nitrogens with zero attached hydrogens (tertiary/aromatic N) is 12. The first-order valence-corrected chi connectivity index (χ1v) is 36.9. The van der Waals surface area contributed by atoms with Crippen LogP contribution in [0.4, 0.5) is 34.1 Å². The van der Waals surface area contributed by atoms with Gasteiger partial charge >= 0.3 is 0 Å². The highest BCUT2D eigenvalue weighted by Crippen LogP contribution is 2.17. The molecule has 12 heteroatoms. The van der Waals surface area contributed by atoms with Crippen LogP contribution in [0, 0.1) is 0 Å². The van der Waals surface area contributed by atoms with Crippen molar-refractivity contribution in [3.8, 4) is 0 Å². The minimum absolute atomic E-state index is 0.869. The zero-order chi connectivity index (χ0) is 76.0. The zero-order valence-electron chi connectivity index (χ0n) is 65.3. The topological polar surface area (TPSA) is 42.7 Å². The second kappa shape index (κ2) is 40.1. The summed E-state index contributed by atoms with van der Waals surface area (Å²) in [5, 5.41) is 0. The minimum Gasteiger partial charge on any atom is -0.377 e. The molecule has 546 valence electrons. The number of aromatic nitrogens is 6. The molecule has 0 amide bonds. The number of benzene rings is 6. The maximum absolute atomic E-state index is 2.20. The van der Waals surface area contributed by atoms with Gasteiger partial charge in [-0.3, -0.25) is 0 Å². The lowest BCUT2D eigenvalue weighted by molar-refractivity contribution is -0.688. The lowest BCUT2D eigenvalue weighted by Crippen LogP contribution is -2.33. The third kappa shape index (κ3) is 25.7. The summed E-state index contributed by atoms with van der Waals surface area (Å²) in [4.78, 5) is 12.7. The van der Waals surface area contributed by atoms with E-state index in [9.17, 15) is 0 Å². The summed E-state index contributed by atoms with van der Waals surface area (Å²) in [6, 6.07) is 78.1. The third-order valence-corrected chi connectivity index (χ3v) is 18.5. The van der Waals surface area contributed by atoms with Crippen molar-refractivity contribution in [1.82, 2.24) is 0 Å². The minimum atomic E-state index is 0.869. The molecule has 0 saturated heterocycles. The van der Waals surface area contributed by atoms with E-state index in [1.165, 1.54) is 101 Å². The third-order valence-electron chi connectivity index (χ3n) is 18.5. The van der Waals surface area contributed by atoms with Crippen LogP contribution in [0.15, 0.2) is 329 Å². The summed E-state index contributed by atoms with van der Waals surface area (Å²) >= 11 is 0. The standard InChI is InChI=1S/3C32H36N4/c3*1-33(2)31-17-21-35(22-18-31)25-29-13-9-27(10-14-29)7-5-6-8-28-11-15-30(16-12-28)26-36-23-19-32(20-24-36)34(3)4/h3*5-24H,25-26H2,1-4H3/q3*+2/b7-5+,8-6+;7-5-,8-6+;7-5-,8-6-. The molecule has 0 atom stereocenters. The van der Waals surface area contributed by atoms with Gasteiger partial charge in [-0.2, -0.15) is 0 Å². The number of hydrogen-bond donors (Lipinski definition) is 0. The number of rotatable bonds is 27. The first-order chi connectivity index (χ1) is 52.4. The summed E-state index contributed by atoms with van der Waals surface area (Å²) in [5.41, 5.74) is 22.2. The summed E-state index contributed by atoms with van der Waals surface area (Å²) < 4.78 is 13.2. The number of pyridine rings is 6. The van der Waals surface area contributed by atoms with Gasteiger partial charge in [0.1, 0.15) is 0 Å². The Bertz CT molecular complexity index is 4030. The Morgan fingerprint density at radius 1 is 0.167 bits per heavy atom. The fourth-order valence-corrected chi connectivity index (χ4v) is 11.8. The number of allylic oxidation sites excluding steroid dienone is 6. The van der Waals surface area contributed by atoms with Crippen molar-refractivity contribution in [2.75, 3.05) is 114 Å². The van der Waals surface area contributed by atoms with E-state index in [-0.39, 0.29) is 0 Å². The predicted molar refractivity (Wildman–Crippen MR) is 453 cm³/mol. The van der Waals surface area contributed by atoms with Gasteiger partial charge in [0.05, 0.1) is 0 Å². The van der Waals surface area contributed by atoms with Crippen LogP contribution >= 0.6 is 0 Å². The van der Waals surface area contributed by atoms with Crippen LogP contribution < -0.4 is 56.8 Å². The monoisotopic (exact) mass is 1430 g/mol. The van der Waals surface area contributed by atoms with E-state index in [0.717, 1.165) is 39.3 Å². The van der Waals surface area contributed by atoms with E-state index in [0.29, 0.717) is 0 Å². The van der Waals surface area contributed by atoms with Gasteiger partial charge in [0.2, 0.25) is 0 Å². The molecule has 6 heterocycles. The molecule has 0 spiro atoms. The van der Waals surface area contributed by atoms with Gasteiger partial charge in [-0.15, -0.1) is 0 Å². The highest BCUT2D eigenvalue weighted by Gasteiger charge is 2.11. The van der Waals surface area contributed by atoms with Crippen LogP contribution in [0.2, 0.25) is 0 Å². The van der Waals surface area contributed by atoms with Crippen molar-refractivity contribution in [3.63, 3.8) is 0 Å². The second-order valence-corrected chi connectivity index (χ2v) is 28.3. The number of hydrogen-bond acceptors (Lipinski definition) is 6. The summed E-state index contributed by atoms with van der Waals surface area (Å²) in [5.74, 6) is 0. The summed E-state index contributed by atoms with van der Waals surface area (Å²) in [6.45, 7) is 5.21. The average Bonchev–Trinajstić information content (AvgIpc) is 0.891. The number of anilines is 6. The molecule has 0 aliphatic carbocycles. The van der Waals surface area contributed by atoms with Crippen LogP contribution in [0.3, 0.4) is 0 Å². The SMILES string of the molecule is CN(C)c1cc[n+](Cc2ccc(/C=C/C=C/c3ccc(C[n+]4ccc(N(C)C)cc4)cc3)cc2)cc1.CN(C)c1cc[n+](Cc2ccc(/C=C\C=C/c3ccc(C[n+]4ccc(N(C)C)cc4)cc3)cc2)cc1.CN(C)c1cc[n+](Cc2ccc(/C=C\C=C\c3ccc(C[n+]4ccc(N(C)C)cc4)cc3)cc2)cc1. The molecule has 0 bridgehead atoms. The molecule has 6 aromatic carbocycles. The van der Waals surface area contributed by atoms with Gasteiger partial charge in [-0.1, -0.05) is 219 Å². The Morgan fingerprint density at radius 2 is 0.278 bits per heavy atom. The van der Waals surface area contributed by atoms with E-state index in [2.05, 4.69) is 507 Å². The molecule has 12 nitrogen and oxygen atoms in total. The van der Waals surface area contributed by atoms with E-state index in [1.807, 2.05) is 0 Å². The second-order valence-electron chi connectivity index (χ2n) is 28.3. The van der Waals surface area contributed by atoms with Crippen molar-refractivity contribution in [1.29, 1.82) is 0 Å². The predicted octanol–water partition coefficient (Wildman–Crippen LogP) is 15.7. The average molecular weight is 1430 g/mol. The van der Waals surface area contributed by atoms with Crippen molar-refractivity contribution >= 4 is 70.6 Å². The van der Waals surface area contributed by atoms with Crippen LogP contribution in [0.25, 0.3) is 36.5 Å². The molecule has 0 saturated carbocycles. The molecular formula is C96H108N12+6. The highest BCUT2D eigenvalue weighted by molar-refractivity contribution is 5.61. The van der Waals surface area contributed by atoms with Gasteiger partial charge < -0.3 is 29.4 Å².